The number of carbonyl (C=O) groups excluding carboxylic acids is 1. The van der Waals surface area contributed by atoms with Crippen molar-refractivity contribution in [2.75, 3.05) is 7.11 Å². The van der Waals surface area contributed by atoms with Gasteiger partial charge in [0.05, 0.1) is 13.2 Å². The molecule has 0 aliphatic rings. The van der Waals surface area contributed by atoms with E-state index >= 15 is 0 Å². The van der Waals surface area contributed by atoms with Crippen molar-refractivity contribution in [2.45, 2.75) is 26.4 Å². The third-order valence-electron chi connectivity index (χ3n) is 2.65. The van der Waals surface area contributed by atoms with E-state index in [-0.39, 0.29) is 30.8 Å². The molecule has 108 valence electrons. The summed E-state index contributed by atoms with van der Waals surface area (Å²) in [5, 5.41) is 2.67. The molecule has 3 N–H and O–H groups in total. The molecular formula is C13H20ClFN2O2. The zero-order valence-electron chi connectivity index (χ0n) is 11.3. The first-order valence-electron chi connectivity index (χ1n) is 5.80. The molecule has 0 fully saturated rings. The van der Waals surface area contributed by atoms with Gasteiger partial charge in [-0.25, -0.2) is 4.39 Å². The Labute approximate surface area is 118 Å². The quantitative estimate of drug-likeness (QED) is 0.870. The molecule has 0 aliphatic heterocycles. The van der Waals surface area contributed by atoms with Crippen molar-refractivity contribution < 1.29 is 13.9 Å². The normalized spacial score (nSPS) is 11.7. The Hall–Kier alpha value is -1.33. The number of halogens is 2. The molecule has 6 heteroatoms. The lowest BCUT2D eigenvalue weighted by molar-refractivity contribution is -0.123. The largest absolute Gasteiger partial charge is 0.497 e. The fourth-order valence-electron chi connectivity index (χ4n) is 1.45. The van der Waals surface area contributed by atoms with Crippen molar-refractivity contribution in [3.63, 3.8) is 0 Å². The molecule has 0 heterocycles. The van der Waals surface area contributed by atoms with Crippen molar-refractivity contribution in [1.29, 1.82) is 0 Å². The van der Waals surface area contributed by atoms with E-state index in [1.165, 1.54) is 19.2 Å². The minimum absolute atomic E-state index is 0. The Bertz CT molecular complexity index is 427. The second-order valence-electron chi connectivity index (χ2n) is 4.49. The summed E-state index contributed by atoms with van der Waals surface area (Å²) in [6, 6.07) is 3.75. The maximum Gasteiger partial charge on any atom is 0.237 e. The van der Waals surface area contributed by atoms with E-state index in [0.717, 1.165) is 0 Å². The van der Waals surface area contributed by atoms with Crippen molar-refractivity contribution in [3.05, 3.63) is 29.6 Å². The molecule has 0 aliphatic carbocycles. The van der Waals surface area contributed by atoms with E-state index in [4.69, 9.17) is 10.5 Å². The van der Waals surface area contributed by atoms with Gasteiger partial charge in [-0.05, 0) is 23.6 Å². The van der Waals surface area contributed by atoms with E-state index in [0.29, 0.717) is 11.3 Å². The summed E-state index contributed by atoms with van der Waals surface area (Å²) >= 11 is 0. The monoisotopic (exact) mass is 290 g/mol. The van der Waals surface area contributed by atoms with Crippen molar-refractivity contribution in [2.24, 2.45) is 11.7 Å². The summed E-state index contributed by atoms with van der Waals surface area (Å²) in [6.45, 7) is 3.97. The number of hydrogen-bond acceptors (Lipinski definition) is 3. The van der Waals surface area contributed by atoms with Crippen molar-refractivity contribution in [1.82, 2.24) is 5.32 Å². The molecular weight excluding hydrogens is 271 g/mol. The van der Waals surface area contributed by atoms with Gasteiger partial charge in [0.15, 0.2) is 0 Å². The summed E-state index contributed by atoms with van der Waals surface area (Å²) in [5.74, 6) is -0.153. The number of methoxy groups -OCH3 is 1. The maximum absolute atomic E-state index is 13.2. The standard InChI is InChI=1S/C13H19FN2O2.ClH/c1-8(2)12(15)13(17)16-7-9-4-10(14)6-11(5-9)18-3;/h4-6,8,12H,7,15H2,1-3H3,(H,16,17);1H/t12-;/m0./s1. The van der Waals surface area contributed by atoms with Crippen LogP contribution in [-0.4, -0.2) is 19.1 Å². The van der Waals surface area contributed by atoms with Gasteiger partial charge in [-0.1, -0.05) is 13.8 Å². The van der Waals surface area contributed by atoms with E-state index in [1.54, 1.807) is 6.07 Å². The number of hydrogen-bond donors (Lipinski definition) is 2. The van der Waals surface area contributed by atoms with Crippen LogP contribution in [0.15, 0.2) is 18.2 Å². The average Bonchev–Trinajstić information content (AvgIpc) is 2.34. The van der Waals surface area contributed by atoms with Gasteiger partial charge in [0.1, 0.15) is 11.6 Å². The molecule has 1 aromatic rings. The molecule has 0 aromatic heterocycles. The van der Waals surface area contributed by atoms with E-state index < -0.39 is 11.9 Å². The number of carbonyl (C=O) groups is 1. The molecule has 1 aromatic carbocycles. The minimum atomic E-state index is -0.555. The van der Waals surface area contributed by atoms with Crippen LogP contribution in [0, 0.1) is 11.7 Å². The molecule has 0 unspecified atom stereocenters. The SMILES string of the molecule is COc1cc(F)cc(CNC(=O)[C@@H](N)C(C)C)c1.Cl. The Morgan fingerprint density at radius 2 is 2.05 bits per heavy atom. The van der Waals surface area contributed by atoms with Gasteiger partial charge in [0.2, 0.25) is 5.91 Å². The molecule has 1 atom stereocenters. The van der Waals surface area contributed by atoms with Crippen LogP contribution in [0.2, 0.25) is 0 Å². The van der Waals surface area contributed by atoms with Crippen LogP contribution in [-0.2, 0) is 11.3 Å². The van der Waals surface area contributed by atoms with E-state index in [1.807, 2.05) is 13.8 Å². The van der Waals surface area contributed by atoms with Gasteiger partial charge in [-0.15, -0.1) is 12.4 Å². The van der Waals surface area contributed by atoms with Crippen LogP contribution < -0.4 is 15.8 Å². The first-order valence-corrected chi connectivity index (χ1v) is 5.80. The Kier molecular flexibility index (Phi) is 7.41. The summed E-state index contributed by atoms with van der Waals surface area (Å²) in [7, 11) is 1.46. The predicted molar refractivity (Wildman–Crippen MR) is 74.9 cm³/mol. The van der Waals surface area contributed by atoms with Crippen LogP contribution >= 0.6 is 12.4 Å². The van der Waals surface area contributed by atoms with Gasteiger partial charge in [-0.2, -0.15) is 0 Å². The fourth-order valence-corrected chi connectivity index (χ4v) is 1.45. The average molecular weight is 291 g/mol. The summed E-state index contributed by atoms with van der Waals surface area (Å²) in [4.78, 5) is 11.6. The summed E-state index contributed by atoms with van der Waals surface area (Å²) < 4.78 is 18.2. The minimum Gasteiger partial charge on any atom is -0.497 e. The second kappa shape index (κ2) is 7.96. The number of rotatable bonds is 5. The smallest absolute Gasteiger partial charge is 0.237 e. The molecule has 0 saturated carbocycles. The highest BCUT2D eigenvalue weighted by Gasteiger charge is 2.16. The first kappa shape index (κ1) is 17.7. The molecule has 4 nitrogen and oxygen atoms in total. The van der Waals surface area contributed by atoms with Gasteiger partial charge in [0, 0.05) is 12.6 Å². The number of nitrogens with two attached hydrogens (primary N) is 1. The number of benzene rings is 1. The molecule has 19 heavy (non-hydrogen) atoms. The summed E-state index contributed by atoms with van der Waals surface area (Å²) in [5.41, 5.74) is 6.33. The van der Waals surface area contributed by atoms with Crippen LogP contribution in [0.4, 0.5) is 4.39 Å². The molecule has 0 bridgehead atoms. The molecule has 1 rings (SSSR count). The first-order chi connectivity index (χ1) is 8.43. The number of nitrogens with one attached hydrogen (secondary N) is 1. The highest BCUT2D eigenvalue weighted by Crippen LogP contribution is 2.15. The molecule has 1 amide bonds. The topological polar surface area (TPSA) is 64.3 Å². The van der Waals surface area contributed by atoms with E-state index in [2.05, 4.69) is 5.32 Å². The number of ether oxygens (including phenoxy) is 1. The van der Waals surface area contributed by atoms with Gasteiger partial charge in [-0.3, -0.25) is 4.79 Å². The van der Waals surface area contributed by atoms with E-state index in [9.17, 15) is 9.18 Å². The van der Waals surface area contributed by atoms with Crippen molar-refractivity contribution >= 4 is 18.3 Å². The number of amides is 1. The lowest BCUT2D eigenvalue weighted by Gasteiger charge is -2.15. The van der Waals surface area contributed by atoms with Crippen LogP contribution in [0.5, 0.6) is 5.75 Å². The highest BCUT2D eigenvalue weighted by atomic mass is 35.5. The zero-order chi connectivity index (χ0) is 13.7. The third kappa shape index (κ3) is 5.44. The fraction of sp³-hybridized carbons (Fsp3) is 0.462. The third-order valence-corrected chi connectivity index (χ3v) is 2.65. The lowest BCUT2D eigenvalue weighted by Crippen LogP contribution is -2.43. The summed E-state index contributed by atoms with van der Waals surface area (Å²) in [6.07, 6.45) is 0. The predicted octanol–water partition coefficient (Wildman–Crippen LogP) is 1.86. The van der Waals surface area contributed by atoms with Crippen LogP contribution in [0.1, 0.15) is 19.4 Å². The van der Waals surface area contributed by atoms with Gasteiger partial charge >= 0.3 is 0 Å². The molecule has 0 spiro atoms. The highest BCUT2D eigenvalue weighted by molar-refractivity contribution is 5.85. The molecule has 0 radical (unpaired) electrons. The van der Waals surface area contributed by atoms with Crippen LogP contribution in [0.25, 0.3) is 0 Å². The molecule has 0 saturated heterocycles. The second-order valence-corrected chi connectivity index (χ2v) is 4.49. The zero-order valence-corrected chi connectivity index (χ0v) is 12.1. The van der Waals surface area contributed by atoms with Crippen molar-refractivity contribution in [3.8, 4) is 5.75 Å². The lowest BCUT2D eigenvalue weighted by atomic mass is 10.0. The maximum atomic E-state index is 13.2. The van der Waals surface area contributed by atoms with Gasteiger partial charge in [0.25, 0.3) is 0 Å². The Morgan fingerprint density at radius 1 is 1.42 bits per heavy atom. The van der Waals surface area contributed by atoms with Gasteiger partial charge < -0.3 is 15.8 Å². The van der Waals surface area contributed by atoms with Crippen LogP contribution in [0.3, 0.4) is 0 Å². The Balaban J connectivity index is 0.00000324. The Morgan fingerprint density at radius 3 is 2.58 bits per heavy atom.